The normalized spacial score (nSPS) is 12.9. The van der Waals surface area contributed by atoms with E-state index in [9.17, 15) is 4.79 Å². The minimum Gasteiger partial charge on any atom is -0.343 e. The van der Waals surface area contributed by atoms with Crippen molar-refractivity contribution in [3.05, 3.63) is 0 Å². The van der Waals surface area contributed by atoms with E-state index in [1.165, 1.54) is 0 Å². The van der Waals surface area contributed by atoms with Crippen LogP contribution in [0.25, 0.3) is 0 Å². The first-order valence-corrected chi connectivity index (χ1v) is 6.16. The molecule has 1 atom stereocenters. The van der Waals surface area contributed by atoms with Crippen molar-refractivity contribution in [2.75, 3.05) is 40.3 Å². The zero-order chi connectivity index (χ0) is 12.6. The highest BCUT2D eigenvalue weighted by Crippen LogP contribution is 2.07. The number of nitrogens with two attached hydrogens (primary N) is 1. The minimum absolute atomic E-state index is 0.0595. The third-order valence-electron chi connectivity index (χ3n) is 2.75. The van der Waals surface area contributed by atoms with Gasteiger partial charge in [0, 0.05) is 19.0 Å². The Kier molecular flexibility index (Phi) is 8.21. The Morgan fingerprint density at radius 2 is 1.94 bits per heavy atom. The molecule has 0 aliphatic carbocycles. The molecule has 2 N–H and O–H groups in total. The van der Waals surface area contributed by atoms with Crippen LogP contribution in [0.1, 0.15) is 26.7 Å². The van der Waals surface area contributed by atoms with Gasteiger partial charge in [-0.2, -0.15) is 0 Å². The number of hydrogen-bond acceptors (Lipinski definition) is 3. The summed E-state index contributed by atoms with van der Waals surface area (Å²) in [6.45, 7) is 7.24. The quantitative estimate of drug-likeness (QED) is 0.669. The summed E-state index contributed by atoms with van der Waals surface area (Å²) in [7, 11) is 4.10. The van der Waals surface area contributed by atoms with E-state index in [0.717, 1.165) is 32.5 Å². The number of carbonyl (C=O) groups excluding carboxylic acids is 1. The summed E-state index contributed by atoms with van der Waals surface area (Å²) >= 11 is 0. The second-order valence-electron chi connectivity index (χ2n) is 4.55. The standard InChI is InChI=1S/C12H27N3O/c1-5-15(10-6-9-14(3)4)12(16)11(2)7-8-13/h11H,5-10,13H2,1-4H3. The maximum absolute atomic E-state index is 12.0. The van der Waals surface area contributed by atoms with Gasteiger partial charge in [-0.3, -0.25) is 4.79 Å². The smallest absolute Gasteiger partial charge is 0.225 e. The van der Waals surface area contributed by atoms with Crippen molar-refractivity contribution in [3.63, 3.8) is 0 Å². The summed E-state index contributed by atoms with van der Waals surface area (Å²) in [6, 6.07) is 0. The summed E-state index contributed by atoms with van der Waals surface area (Å²) in [5, 5.41) is 0. The zero-order valence-corrected chi connectivity index (χ0v) is 11.2. The topological polar surface area (TPSA) is 49.6 Å². The summed E-state index contributed by atoms with van der Waals surface area (Å²) in [6.07, 6.45) is 1.81. The molecule has 0 saturated carbocycles. The predicted molar refractivity (Wildman–Crippen MR) is 68.3 cm³/mol. The molecule has 0 bridgehead atoms. The lowest BCUT2D eigenvalue weighted by Crippen LogP contribution is -2.37. The molecule has 4 nitrogen and oxygen atoms in total. The van der Waals surface area contributed by atoms with E-state index in [-0.39, 0.29) is 11.8 Å². The van der Waals surface area contributed by atoms with Crippen LogP contribution in [-0.2, 0) is 4.79 Å². The van der Waals surface area contributed by atoms with E-state index in [1.807, 2.05) is 18.7 Å². The van der Waals surface area contributed by atoms with Gasteiger partial charge in [0.05, 0.1) is 0 Å². The Labute approximate surface area is 99.8 Å². The molecule has 0 aromatic heterocycles. The Morgan fingerprint density at radius 1 is 1.31 bits per heavy atom. The first-order valence-electron chi connectivity index (χ1n) is 6.16. The molecule has 0 radical (unpaired) electrons. The molecule has 16 heavy (non-hydrogen) atoms. The molecule has 0 rings (SSSR count). The van der Waals surface area contributed by atoms with Gasteiger partial charge in [-0.1, -0.05) is 6.92 Å². The van der Waals surface area contributed by atoms with Gasteiger partial charge in [0.1, 0.15) is 0 Å². The monoisotopic (exact) mass is 229 g/mol. The molecule has 0 spiro atoms. The van der Waals surface area contributed by atoms with Crippen molar-refractivity contribution in [2.45, 2.75) is 26.7 Å². The van der Waals surface area contributed by atoms with E-state index in [4.69, 9.17) is 5.73 Å². The SMILES string of the molecule is CCN(CCCN(C)C)C(=O)C(C)CCN. The highest BCUT2D eigenvalue weighted by Gasteiger charge is 2.17. The van der Waals surface area contributed by atoms with Crippen molar-refractivity contribution < 1.29 is 4.79 Å². The van der Waals surface area contributed by atoms with Crippen LogP contribution in [-0.4, -0.2) is 56.0 Å². The van der Waals surface area contributed by atoms with Crippen molar-refractivity contribution in [3.8, 4) is 0 Å². The van der Waals surface area contributed by atoms with Crippen molar-refractivity contribution in [2.24, 2.45) is 11.7 Å². The number of amides is 1. The molecule has 0 aliphatic heterocycles. The molecule has 96 valence electrons. The second-order valence-corrected chi connectivity index (χ2v) is 4.55. The van der Waals surface area contributed by atoms with Gasteiger partial charge in [0.25, 0.3) is 0 Å². The first kappa shape index (κ1) is 15.4. The molecular weight excluding hydrogens is 202 g/mol. The van der Waals surface area contributed by atoms with Gasteiger partial charge in [-0.15, -0.1) is 0 Å². The van der Waals surface area contributed by atoms with Crippen molar-refractivity contribution >= 4 is 5.91 Å². The van der Waals surface area contributed by atoms with Crippen LogP contribution in [0.3, 0.4) is 0 Å². The van der Waals surface area contributed by atoms with Gasteiger partial charge in [-0.05, 0) is 47.0 Å². The van der Waals surface area contributed by atoms with Gasteiger partial charge < -0.3 is 15.5 Å². The summed E-state index contributed by atoms with van der Waals surface area (Å²) in [4.78, 5) is 16.1. The van der Waals surface area contributed by atoms with Crippen molar-refractivity contribution in [1.29, 1.82) is 0 Å². The average molecular weight is 229 g/mol. The Bertz CT molecular complexity index is 195. The van der Waals surface area contributed by atoms with Crippen LogP contribution in [0.2, 0.25) is 0 Å². The van der Waals surface area contributed by atoms with Crippen molar-refractivity contribution in [1.82, 2.24) is 9.80 Å². The molecule has 0 aromatic carbocycles. The molecule has 1 amide bonds. The Hall–Kier alpha value is -0.610. The summed E-state index contributed by atoms with van der Waals surface area (Å²) in [5.74, 6) is 0.302. The number of nitrogens with zero attached hydrogens (tertiary/aromatic N) is 2. The lowest BCUT2D eigenvalue weighted by Gasteiger charge is -2.25. The van der Waals surface area contributed by atoms with Gasteiger partial charge in [-0.25, -0.2) is 0 Å². The molecule has 1 unspecified atom stereocenters. The summed E-state index contributed by atoms with van der Waals surface area (Å²) < 4.78 is 0. The van der Waals surface area contributed by atoms with Gasteiger partial charge >= 0.3 is 0 Å². The van der Waals surface area contributed by atoms with E-state index >= 15 is 0 Å². The largest absolute Gasteiger partial charge is 0.343 e. The Balaban J connectivity index is 4.01. The van der Waals surface area contributed by atoms with Crippen LogP contribution in [0.4, 0.5) is 0 Å². The number of rotatable bonds is 8. The van der Waals surface area contributed by atoms with Gasteiger partial charge in [0.2, 0.25) is 5.91 Å². The third-order valence-corrected chi connectivity index (χ3v) is 2.75. The Morgan fingerprint density at radius 3 is 2.38 bits per heavy atom. The van der Waals surface area contributed by atoms with Crippen LogP contribution >= 0.6 is 0 Å². The van der Waals surface area contributed by atoms with Crippen LogP contribution in [0.15, 0.2) is 0 Å². The lowest BCUT2D eigenvalue weighted by atomic mass is 10.1. The lowest BCUT2D eigenvalue weighted by molar-refractivity contribution is -0.135. The number of hydrogen-bond donors (Lipinski definition) is 1. The molecule has 0 aliphatic rings. The van der Waals surface area contributed by atoms with Crippen LogP contribution in [0.5, 0.6) is 0 Å². The molecule has 0 aromatic rings. The van der Waals surface area contributed by atoms with E-state index in [1.54, 1.807) is 0 Å². The fraction of sp³-hybridized carbons (Fsp3) is 0.917. The fourth-order valence-electron chi connectivity index (χ4n) is 1.69. The van der Waals surface area contributed by atoms with Gasteiger partial charge in [0.15, 0.2) is 0 Å². The molecule has 0 fully saturated rings. The van der Waals surface area contributed by atoms with E-state index < -0.39 is 0 Å². The third kappa shape index (κ3) is 6.08. The molecule has 0 heterocycles. The average Bonchev–Trinajstić information content (AvgIpc) is 2.23. The number of carbonyl (C=O) groups is 1. The summed E-state index contributed by atoms with van der Waals surface area (Å²) in [5.41, 5.74) is 5.47. The van der Waals surface area contributed by atoms with E-state index in [0.29, 0.717) is 6.54 Å². The van der Waals surface area contributed by atoms with E-state index in [2.05, 4.69) is 19.0 Å². The van der Waals surface area contributed by atoms with Crippen LogP contribution in [0, 0.1) is 5.92 Å². The molecular formula is C12H27N3O. The molecule has 4 heteroatoms. The fourth-order valence-corrected chi connectivity index (χ4v) is 1.69. The maximum Gasteiger partial charge on any atom is 0.225 e. The maximum atomic E-state index is 12.0. The zero-order valence-electron chi connectivity index (χ0n) is 11.2. The second kappa shape index (κ2) is 8.53. The predicted octanol–water partition coefficient (Wildman–Crippen LogP) is 0.772. The molecule has 0 saturated heterocycles. The minimum atomic E-state index is 0.0595. The van der Waals surface area contributed by atoms with Crippen LogP contribution < -0.4 is 5.73 Å². The highest BCUT2D eigenvalue weighted by atomic mass is 16.2. The highest BCUT2D eigenvalue weighted by molar-refractivity contribution is 5.78. The first-order chi connectivity index (χ1) is 7.52.